The van der Waals surface area contributed by atoms with Gasteiger partial charge in [-0.1, -0.05) is 26.0 Å². The zero-order chi connectivity index (χ0) is 8.55. The Morgan fingerprint density at radius 3 is 2.33 bits per heavy atom. The maximum atomic E-state index is 4.40. The number of hydrogen-bond donors (Lipinski definition) is 0. The molecule has 0 fully saturated rings. The van der Waals surface area contributed by atoms with Crippen molar-refractivity contribution in [3.05, 3.63) is 24.3 Å². The summed E-state index contributed by atoms with van der Waals surface area (Å²) < 4.78 is 0. The van der Waals surface area contributed by atoms with E-state index in [1.165, 1.54) is 0 Å². The highest BCUT2D eigenvalue weighted by Crippen LogP contribution is 2.30. The van der Waals surface area contributed by atoms with E-state index in [2.05, 4.69) is 24.2 Å². The van der Waals surface area contributed by atoms with E-state index in [1.807, 2.05) is 24.3 Å². The van der Waals surface area contributed by atoms with Crippen LogP contribution in [0, 0.1) is 5.92 Å². The topological polar surface area (TPSA) is 26.5 Å². The summed E-state index contributed by atoms with van der Waals surface area (Å²) in [5.74, 6) is 1.36. The van der Waals surface area contributed by atoms with E-state index in [0.29, 0.717) is 5.92 Å². The second kappa shape index (κ2) is 2.63. The molecular formula is C10H11N2. The number of hydrogen-bond acceptors (Lipinski definition) is 1. The molecule has 0 bridgehead atoms. The molecule has 0 spiro atoms. The van der Waals surface area contributed by atoms with Gasteiger partial charge in [-0.15, -0.1) is 0 Å². The molecule has 1 aromatic carbocycles. The minimum absolute atomic E-state index is 0.414. The summed E-state index contributed by atoms with van der Waals surface area (Å²) in [6, 6.07) is 7.96. The van der Waals surface area contributed by atoms with Gasteiger partial charge >= 0.3 is 0 Å². The average molecular weight is 159 g/mol. The predicted molar refractivity (Wildman–Crippen MR) is 50.2 cm³/mol. The summed E-state index contributed by atoms with van der Waals surface area (Å²) in [4.78, 5) is 4.40. The second-order valence-electron chi connectivity index (χ2n) is 3.23. The minimum Gasteiger partial charge on any atom is -0.231 e. The van der Waals surface area contributed by atoms with Crippen molar-refractivity contribution in [2.75, 3.05) is 0 Å². The normalized spacial score (nSPS) is 14.1. The molecule has 1 radical (unpaired) electrons. The quantitative estimate of drug-likeness (QED) is 0.602. The fourth-order valence-corrected chi connectivity index (χ4v) is 1.18. The van der Waals surface area contributed by atoms with Gasteiger partial charge < -0.3 is 0 Å². The molecule has 0 saturated carbocycles. The Labute approximate surface area is 72.3 Å². The number of benzene rings is 1. The van der Waals surface area contributed by atoms with Crippen molar-refractivity contribution in [1.29, 1.82) is 0 Å². The van der Waals surface area contributed by atoms with E-state index in [4.69, 9.17) is 0 Å². The highest BCUT2D eigenvalue weighted by molar-refractivity contribution is 5.96. The maximum Gasteiger partial charge on any atom is 0.132 e. The van der Waals surface area contributed by atoms with E-state index in [-0.39, 0.29) is 0 Å². The molecule has 0 unspecified atom stereocenters. The molecule has 0 aromatic heterocycles. The Kier molecular flexibility index (Phi) is 1.61. The average Bonchev–Trinajstić information content (AvgIpc) is 2.46. The largest absolute Gasteiger partial charge is 0.231 e. The fraction of sp³-hybridized carbons (Fsp3) is 0.300. The van der Waals surface area contributed by atoms with Gasteiger partial charge in [0.1, 0.15) is 5.84 Å². The summed E-state index contributed by atoms with van der Waals surface area (Å²) in [6.45, 7) is 4.21. The molecule has 1 aliphatic rings. The first-order valence-electron chi connectivity index (χ1n) is 4.17. The van der Waals surface area contributed by atoms with E-state index in [0.717, 1.165) is 17.2 Å². The molecule has 1 aliphatic heterocycles. The molecule has 0 amide bonds. The molecule has 61 valence electrons. The highest BCUT2D eigenvalue weighted by Gasteiger charge is 2.16. The van der Waals surface area contributed by atoms with Crippen molar-refractivity contribution in [1.82, 2.24) is 5.32 Å². The van der Waals surface area contributed by atoms with Crippen molar-refractivity contribution in [3.8, 4) is 0 Å². The van der Waals surface area contributed by atoms with Crippen LogP contribution in [0.1, 0.15) is 13.8 Å². The number of rotatable bonds is 1. The van der Waals surface area contributed by atoms with Crippen molar-refractivity contribution in [2.45, 2.75) is 13.8 Å². The lowest BCUT2D eigenvalue weighted by Gasteiger charge is -2.01. The molecule has 0 atom stereocenters. The lowest BCUT2D eigenvalue weighted by Crippen LogP contribution is -2.13. The van der Waals surface area contributed by atoms with Crippen molar-refractivity contribution < 1.29 is 0 Å². The number of nitrogens with zero attached hydrogens (tertiary/aromatic N) is 2. The number of amidine groups is 1. The van der Waals surface area contributed by atoms with Crippen LogP contribution in [0.2, 0.25) is 0 Å². The van der Waals surface area contributed by atoms with Crippen LogP contribution in [0.15, 0.2) is 29.3 Å². The lowest BCUT2D eigenvalue weighted by molar-refractivity contribution is 0.856. The van der Waals surface area contributed by atoms with Crippen LogP contribution in [-0.4, -0.2) is 5.84 Å². The van der Waals surface area contributed by atoms with Crippen LogP contribution in [0.3, 0.4) is 0 Å². The fourth-order valence-electron chi connectivity index (χ4n) is 1.18. The lowest BCUT2D eigenvalue weighted by atomic mass is 10.2. The Balaban J connectivity index is 2.35. The third kappa shape index (κ3) is 1.09. The Hall–Kier alpha value is -1.31. The number of aliphatic imine (C=N–C) groups is 1. The molecule has 1 aromatic rings. The van der Waals surface area contributed by atoms with Gasteiger partial charge in [-0.3, -0.25) is 0 Å². The Morgan fingerprint density at radius 2 is 1.75 bits per heavy atom. The molecule has 2 rings (SSSR count). The van der Waals surface area contributed by atoms with E-state index in [9.17, 15) is 0 Å². The summed E-state index contributed by atoms with van der Waals surface area (Å²) >= 11 is 0. The van der Waals surface area contributed by atoms with Gasteiger partial charge in [0.15, 0.2) is 0 Å². The maximum absolute atomic E-state index is 4.40. The van der Waals surface area contributed by atoms with Crippen LogP contribution in [0.25, 0.3) is 0 Å². The zero-order valence-corrected chi connectivity index (χ0v) is 7.28. The molecule has 0 saturated heterocycles. The van der Waals surface area contributed by atoms with Crippen molar-refractivity contribution in [2.24, 2.45) is 10.9 Å². The summed E-state index contributed by atoms with van der Waals surface area (Å²) in [5.41, 5.74) is 2.00. The van der Waals surface area contributed by atoms with Crippen LogP contribution >= 0.6 is 0 Å². The van der Waals surface area contributed by atoms with Gasteiger partial charge in [0.2, 0.25) is 0 Å². The monoisotopic (exact) mass is 159 g/mol. The molecular weight excluding hydrogens is 148 g/mol. The van der Waals surface area contributed by atoms with Crippen molar-refractivity contribution in [3.63, 3.8) is 0 Å². The number of para-hydroxylation sites is 2. The molecule has 2 heteroatoms. The van der Waals surface area contributed by atoms with Crippen LogP contribution in [-0.2, 0) is 0 Å². The smallest absolute Gasteiger partial charge is 0.132 e. The van der Waals surface area contributed by atoms with E-state index < -0.39 is 0 Å². The minimum atomic E-state index is 0.414. The highest BCUT2D eigenvalue weighted by atomic mass is 15.1. The predicted octanol–water partition coefficient (Wildman–Crippen LogP) is 2.62. The molecule has 12 heavy (non-hydrogen) atoms. The molecule has 1 heterocycles. The van der Waals surface area contributed by atoms with E-state index >= 15 is 0 Å². The van der Waals surface area contributed by atoms with Gasteiger partial charge in [-0.05, 0) is 12.1 Å². The van der Waals surface area contributed by atoms with Gasteiger partial charge in [0, 0.05) is 5.92 Å². The summed E-state index contributed by atoms with van der Waals surface area (Å²) in [6.07, 6.45) is 0. The number of fused-ring (bicyclic) bond motifs is 1. The first kappa shape index (κ1) is 7.35. The third-order valence-electron chi connectivity index (χ3n) is 1.87. The standard InChI is InChI=1S/C10H11N2/c1-7(2)10-11-8-5-3-4-6-9(8)12-10/h3-7H,1-2H3. The van der Waals surface area contributed by atoms with Crippen LogP contribution in [0.5, 0.6) is 0 Å². The first-order valence-corrected chi connectivity index (χ1v) is 4.17. The molecule has 2 nitrogen and oxygen atoms in total. The SMILES string of the molecule is CC(C)C1=Nc2ccccc2[N]1. The Bertz CT molecular complexity index is 326. The summed E-state index contributed by atoms with van der Waals surface area (Å²) in [7, 11) is 0. The van der Waals surface area contributed by atoms with Gasteiger partial charge in [0.25, 0.3) is 0 Å². The molecule has 0 aliphatic carbocycles. The van der Waals surface area contributed by atoms with Crippen LogP contribution < -0.4 is 5.32 Å². The summed E-state index contributed by atoms with van der Waals surface area (Å²) in [5, 5.41) is 4.40. The zero-order valence-electron chi connectivity index (χ0n) is 7.28. The molecule has 0 N–H and O–H groups in total. The van der Waals surface area contributed by atoms with Gasteiger partial charge in [-0.2, -0.15) is 0 Å². The Morgan fingerprint density at radius 1 is 1.08 bits per heavy atom. The van der Waals surface area contributed by atoms with E-state index in [1.54, 1.807) is 0 Å². The van der Waals surface area contributed by atoms with Gasteiger partial charge in [0.05, 0.1) is 11.4 Å². The van der Waals surface area contributed by atoms with Crippen LogP contribution in [0.4, 0.5) is 11.4 Å². The third-order valence-corrected chi connectivity index (χ3v) is 1.87. The second-order valence-corrected chi connectivity index (χ2v) is 3.23. The van der Waals surface area contributed by atoms with Gasteiger partial charge in [-0.25, -0.2) is 10.3 Å². The van der Waals surface area contributed by atoms with Crippen molar-refractivity contribution >= 4 is 17.2 Å². The first-order chi connectivity index (χ1) is 5.77.